The number of rotatable bonds is 7. The molecule has 2 saturated carbocycles. The van der Waals surface area contributed by atoms with E-state index in [4.69, 9.17) is 10.5 Å². The van der Waals surface area contributed by atoms with Gasteiger partial charge in [-0.2, -0.15) is 0 Å². The van der Waals surface area contributed by atoms with Crippen LogP contribution in [0, 0.1) is 11.3 Å². The third kappa shape index (κ3) is 5.23. The van der Waals surface area contributed by atoms with Gasteiger partial charge in [0.25, 0.3) is 0 Å². The average Bonchev–Trinajstić information content (AvgIpc) is 3.18. The van der Waals surface area contributed by atoms with Gasteiger partial charge in [-0.25, -0.2) is 0 Å². The molecule has 0 bridgehead atoms. The maximum atomic E-state index is 12.0. The molecule has 4 nitrogen and oxygen atoms in total. The molecule has 2 rings (SSSR count). The first-order valence-corrected chi connectivity index (χ1v) is 7.66. The summed E-state index contributed by atoms with van der Waals surface area (Å²) in [5.41, 5.74) is 6.42. The molecule has 2 atom stereocenters. The number of carbonyl (C=O) groups is 1. The van der Waals surface area contributed by atoms with Crippen molar-refractivity contribution in [3.8, 4) is 0 Å². The zero-order chi connectivity index (χ0) is 13.7. The summed E-state index contributed by atoms with van der Waals surface area (Å²) in [6.45, 7) is 1.61. The molecule has 2 unspecified atom stereocenters. The van der Waals surface area contributed by atoms with Crippen LogP contribution in [0.25, 0.3) is 0 Å². The van der Waals surface area contributed by atoms with E-state index in [0.717, 1.165) is 32.4 Å². The quantitative estimate of drug-likeness (QED) is 0.758. The number of nitrogens with two attached hydrogens (primary N) is 1. The Labute approximate surface area is 128 Å². The van der Waals surface area contributed by atoms with Gasteiger partial charge < -0.3 is 15.8 Å². The molecule has 0 radical (unpaired) electrons. The number of ether oxygens (including phenoxy) is 1. The van der Waals surface area contributed by atoms with E-state index in [1.54, 1.807) is 7.11 Å². The fourth-order valence-corrected chi connectivity index (χ4v) is 3.10. The highest BCUT2D eigenvalue weighted by atomic mass is 35.5. The van der Waals surface area contributed by atoms with Crippen LogP contribution in [0.2, 0.25) is 0 Å². The molecule has 0 aromatic carbocycles. The molecule has 2 aliphatic carbocycles. The van der Waals surface area contributed by atoms with Crippen LogP contribution in [-0.4, -0.2) is 32.2 Å². The summed E-state index contributed by atoms with van der Waals surface area (Å²) in [7, 11) is 1.74. The van der Waals surface area contributed by atoms with Crippen molar-refractivity contribution in [2.45, 2.75) is 57.4 Å². The first kappa shape index (κ1) is 17.7. The van der Waals surface area contributed by atoms with E-state index in [0.29, 0.717) is 17.8 Å². The second-order valence-corrected chi connectivity index (χ2v) is 6.43. The first-order chi connectivity index (χ1) is 9.15. The van der Waals surface area contributed by atoms with Gasteiger partial charge in [-0.1, -0.05) is 12.8 Å². The molecule has 0 aliphatic heterocycles. The molecule has 0 saturated heterocycles. The van der Waals surface area contributed by atoms with Crippen molar-refractivity contribution in [1.82, 2.24) is 5.32 Å². The molecule has 0 spiro atoms. The minimum absolute atomic E-state index is 0. The molecule has 2 aliphatic rings. The van der Waals surface area contributed by atoms with E-state index >= 15 is 0 Å². The molecule has 5 heteroatoms. The van der Waals surface area contributed by atoms with Crippen LogP contribution in [-0.2, 0) is 9.53 Å². The number of carbonyl (C=O) groups excluding carboxylic acids is 1. The Morgan fingerprint density at radius 3 is 2.65 bits per heavy atom. The second kappa shape index (κ2) is 8.20. The monoisotopic (exact) mass is 304 g/mol. The molecular weight excluding hydrogens is 276 g/mol. The van der Waals surface area contributed by atoms with Crippen molar-refractivity contribution < 1.29 is 9.53 Å². The Kier molecular flexibility index (Phi) is 7.27. The van der Waals surface area contributed by atoms with Crippen LogP contribution in [0.15, 0.2) is 0 Å². The van der Waals surface area contributed by atoms with E-state index in [1.165, 1.54) is 25.7 Å². The van der Waals surface area contributed by atoms with Gasteiger partial charge in [0.05, 0.1) is 0 Å². The fourth-order valence-electron chi connectivity index (χ4n) is 3.10. The van der Waals surface area contributed by atoms with Crippen LogP contribution < -0.4 is 11.1 Å². The summed E-state index contributed by atoms with van der Waals surface area (Å²) in [6.07, 6.45) is 8.76. The van der Waals surface area contributed by atoms with E-state index in [-0.39, 0.29) is 24.4 Å². The SMILES string of the molecule is COCCC1(CNC(=O)CC2CCCCC2N)CC1.Cl. The molecule has 0 heterocycles. The molecular formula is C15H29ClN2O2. The Bertz CT molecular complexity index is 308. The van der Waals surface area contributed by atoms with Crippen LogP contribution in [0.1, 0.15) is 51.4 Å². The number of hydrogen-bond donors (Lipinski definition) is 2. The topological polar surface area (TPSA) is 64.3 Å². The van der Waals surface area contributed by atoms with E-state index in [2.05, 4.69) is 5.32 Å². The van der Waals surface area contributed by atoms with Crippen LogP contribution in [0.3, 0.4) is 0 Å². The summed E-state index contributed by atoms with van der Waals surface area (Å²) in [5, 5.41) is 3.11. The standard InChI is InChI=1S/C15H28N2O2.ClH/c1-19-9-8-15(6-7-15)11-17-14(18)10-12-4-2-3-5-13(12)16;/h12-13H,2-11,16H2,1H3,(H,17,18);1H. The summed E-state index contributed by atoms with van der Waals surface area (Å²) < 4.78 is 5.13. The molecule has 1 amide bonds. The average molecular weight is 305 g/mol. The van der Waals surface area contributed by atoms with Gasteiger partial charge in [0.2, 0.25) is 5.91 Å². The lowest BCUT2D eigenvalue weighted by molar-refractivity contribution is -0.122. The van der Waals surface area contributed by atoms with E-state index in [9.17, 15) is 4.79 Å². The zero-order valence-corrected chi connectivity index (χ0v) is 13.3. The predicted molar refractivity (Wildman–Crippen MR) is 83.0 cm³/mol. The van der Waals surface area contributed by atoms with Gasteiger partial charge in [-0.15, -0.1) is 12.4 Å². The smallest absolute Gasteiger partial charge is 0.220 e. The van der Waals surface area contributed by atoms with Crippen LogP contribution >= 0.6 is 12.4 Å². The normalized spacial score (nSPS) is 27.5. The van der Waals surface area contributed by atoms with Crippen molar-refractivity contribution in [1.29, 1.82) is 0 Å². The van der Waals surface area contributed by atoms with Crippen LogP contribution in [0.5, 0.6) is 0 Å². The van der Waals surface area contributed by atoms with Crippen LogP contribution in [0.4, 0.5) is 0 Å². The number of halogens is 1. The van der Waals surface area contributed by atoms with Gasteiger partial charge in [0.15, 0.2) is 0 Å². The lowest BCUT2D eigenvalue weighted by Gasteiger charge is -2.28. The van der Waals surface area contributed by atoms with Crippen molar-refractivity contribution in [2.75, 3.05) is 20.3 Å². The third-order valence-electron chi connectivity index (χ3n) is 4.87. The lowest BCUT2D eigenvalue weighted by atomic mass is 9.83. The number of nitrogens with one attached hydrogen (secondary N) is 1. The largest absolute Gasteiger partial charge is 0.385 e. The Morgan fingerprint density at radius 1 is 1.35 bits per heavy atom. The van der Waals surface area contributed by atoms with Gasteiger partial charge >= 0.3 is 0 Å². The molecule has 3 N–H and O–H groups in total. The highest BCUT2D eigenvalue weighted by Gasteiger charge is 2.42. The Morgan fingerprint density at radius 2 is 2.05 bits per heavy atom. The zero-order valence-electron chi connectivity index (χ0n) is 12.5. The van der Waals surface area contributed by atoms with Gasteiger partial charge in [-0.3, -0.25) is 4.79 Å². The van der Waals surface area contributed by atoms with Gasteiger partial charge in [-0.05, 0) is 43.4 Å². The Hall–Kier alpha value is -0.320. The van der Waals surface area contributed by atoms with E-state index < -0.39 is 0 Å². The fraction of sp³-hybridized carbons (Fsp3) is 0.933. The van der Waals surface area contributed by atoms with Gasteiger partial charge in [0.1, 0.15) is 0 Å². The first-order valence-electron chi connectivity index (χ1n) is 7.66. The minimum atomic E-state index is 0. The molecule has 0 aromatic rings. The molecule has 20 heavy (non-hydrogen) atoms. The number of hydrogen-bond acceptors (Lipinski definition) is 3. The maximum absolute atomic E-state index is 12.0. The van der Waals surface area contributed by atoms with Crippen molar-refractivity contribution in [2.24, 2.45) is 17.1 Å². The lowest BCUT2D eigenvalue weighted by Crippen LogP contribution is -2.38. The highest BCUT2D eigenvalue weighted by molar-refractivity contribution is 5.85. The molecule has 0 aromatic heterocycles. The summed E-state index contributed by atoms with van der Waals surface area (Å²) in [6, 6.07) is 0.225. The van der Waals surface area contributed by atoms with Gasteiger partial charge in [0, 0.05) is 32.7 Å². The molecule has 2 fully saturated rings. The Balaban J connectivity index is 0.00000200. The summed E-state index contributed by atoms with van der Waals surface area (Å²) in [5.74, 6) is 0.578. The summed E-state index contributed by atoms with van der Waals surface area (Å²) in [4.78, 5) is 12.0. The molecule has 118 valence electrons. The second-order valence-electron chi connectivity index (χ2n) is 6.43. The number of amides is 1. The predicted octanol–water partition coefficient (Wildman–Crippen LogP) is 2.25. The van der Waals surface area contributed by atoms with Crippen molar-refractivity contribution in [3.63, 3.8) is 0 Å². The number of methoxy groups -OCH3 is 1. The third-order valence-corrected chi connectivity index (χ3v) is 4.87. The van der Waals surface area contributed by atoms with E-state index in [1.807, 2.05) is 0 Å². The minimum Gasteiger partial charge on any atom is -0.385 e. The highest BCUT2D eigenvalue weighted by Crippen LogP contribution is 2.48. The van der Waals surface area contributed by atoms with Crippen molar-refractivity contribution >= 4 is 18.3 Å². The maximum Gasteiger partial charge on any atom is 0.220 e. The van der Waals surface area contributed by atoms with Crippen molar-refractivity contribution in [3.05, 3.63) is 0 Å². The summed E-state index contributed by atoms with van der Waals surface area (Å²) >= 11 is 0.